The van der Waals surface area contributed by atoms with Crippen LogP contribution in [0.2, 0.25) is 5.02 Å². The number of aromatic nitrogens is 2. The molecule has 0 spiro atoms. The van der Waals surface area contributed by atoms with Gasteiger partial charge in [0, 0.05) is 12.4 Å². The first-order valence-corrected chi connectivity index (χ1v) is 5.67. The van der Waals surface area contributed by atoms with E-state index in [2.05, 4.69) is 5.10 Å². The Labute approximate surface area is 104 Å². The van der Waals surface area contributed by atoms with E-state index in [0.717, 1.165) is 5.56 Å². The quantitative estimate of drug-likeness (QED) is 0.885. The summed E-state index contributed by atoms with van der Waals surface area (Å²) < 4.78 is 7.09. The molecule has 0 amide bonds. The van der Waals surface area contributed by atoms with E-state index in [1.807, 2.05) is 29.1 Å². The van der Waals surface area contributed by atoms with E-state index in [-0.39, 0.29) is 13.2 Å². The minimum Gasteiger partial charge on any atom is -0.490 e. The van der Waals surface area contributed by atoms with E-state index >= 15 is 0 Å². The fourth-order valence-electron chi connectivity index (χ4n) is 1.50. The molecular weight excluding hydrogens is 240 g/mol. The van der Waals surface area contributed by atoms with Crippen LogP contribution in [0.1, 0.15) is 5.56 Å². The van der Waals surface area contributed by atoms with Gasteiger partial charge in [-0.2, -0.15) is 5.10 Å². The molecule has 0 saturated carbocycles. The third-order valence-corrected chi connectivity index (χ3v) is 2.54. The van der Waals surface area contributed by atoms with Gasteiger partial charge in [-0.05, 0) is 23.8 Å². The number of rotatable bonds is 5. The van der Waals surface area contributed by atoms with Gasteiger partial charge in [-0.1, -0.05) is 17.7 Å². The molecule has 1 aromatic carbocycles. The Morgan fingerprint density at radius 1 is 1.41 bits per heavy atom. The zero-order chi connectivity index (χ0) is 12.1. The molecule has 5 heteroatoms. The average molecular weight is 253 g/mol. The lowest BCUT2D eigenvalue weighted by atomic mass is 10.2. The second-order valence-electron chi connectivity index (χ2n) is 3.54. The van der Waals surface area contributed by atoms with Crippen molar-refractivity contribution in [1.29, 1.82) is 0 Å². The lowest BCUT2D eigenvalue weighted by molar-refractivity contribution is 0.201. The monoisotopic (exact) mass is 252 g/mol. The van der Waals surface area contributed by atoms with Crippen LogP contribution >= 0.6 is 11.6 Å². The lowest BCUT2D eigenvalue weighted by Gasteiger charge is -2.08. The summed E-state index contributed by atoms with van der Waals surface area (Å²) in [5, 5.41) is 13.3. The Hall–Kier alpha value is -1.52. The molecule has 2 rings (SSSR count). The number of hydrogen-bond acceptors (Lipinski definition) is 3. The lowest BCUT2D eigenvalue weighted by Crippen LogP contribution is -2.03. The van der Waals surface area contributed by atoms with Gasteiger partial charge < -0.3 is 9.84 Å². The fourth-order valence-corrected chi connectivity index (χ4v) is 1.75. The van der Waals surface area contributed by atoms with Gasteiger partial charge in [0.15, 0.2) is 0 Å². The Morgan fingerprint density at radius 2 is 2.29 bits per heavy atom. The molecule has 0 saturated heterocycles. The topological polar surface area (TPSA) is 47.3 Å². The summed E-state index contributed by atoms with van der Waals surface area (Å²) in [4.78, 5) is 0. The van der Waals surface area contributed by atoms with Crippen LogP contribution < -0.4 is 4.74 Å². The van der Waals surface area contributed by atoms with Crippen molar-refractivity contribution in [1.82, 2.24) is 9.78 Å². The molecule has 0 bridgehead atoms. The first-order chi connectivity index (χ1) is 8.29. The molecular formula is C12H13ClN2O2. The highest BCUT2D eigenvalue weighted by molar-refractivity contribution is 6.32. The van der Waals surface area contributed by atoms with Crippen LogP contribution in [0.5, 0.6) is 5.75 Å². The van der Waals surface area contributed by atoms with E-state index in [0.29, 0.717) is 17.3 Å². The number of nitrogens with zero attached hydrogens (tertiary/aromatic N) is 2. The minimum atomic E-state index is -0.0225. The zero-order valence-corrected chi connectivity index (χ0v) is 9.97. The van der Waals surface area contributed by atoms with Crippen molar-refractivity contribution in [2.45, 2.75) is 6.54 Å². The van der Waals surface area contributed by atoms with E-state index in [4.69, 9.17) is 21.4 Å². The molecule has 2 aromatic rings. The van der Waals surface area contributed by atoms with E-state index in [1.165, 1.54) is 0 Å². The van der Waals surface area contributed by atoms with Crippen molar-refractivity contribution in [3.05, 3.63) is 47.2 Å². The molecule has 0 aliphatic rings. The van der Waals surface area contributed by atoms with Crippen molar-refractivity contribution in [3.63, 3.8) is 0 Å². The van der Waals surface area contributed by atoms with Crippen molar-refractivity contribution in [3.8, 4) is 5.75 Å². The summed E-state index contributed by atoms with van der Waals surface area (Å²) >= 11 is 6.07. The van der Waals surface area contributed by atoms with Gasteiger partial charge >= 0.3 is 0 Å². The molecule has 4 nitrogen and oxygen atoms in total. The van der Waals surface area contributed by atoms with Crippen molar-refractivity contribution >= 4 is 11.6 Å². The molecule has 90 valence electrons. The predicted octanol–water partition coefficient (Wildman–Crippen LogP) is 1.96. The molecule has 1 N–H and O–H groups in total. The van der Waals surface area contributed by atoms with Gasteiger partial charge in [0.2, 0.25) is 0 Å². The smallest absolute Gasteiger partial charge is 0.138 e. The van der Waals surface area contributed by atoms with Crippen LogP contribution in [-0.2, 0) is 6.54 Å². The summed E-state index contributed by atoms with van der Waals surface area (Å²) in [6.45, 7) is 0.899. The second kappa shape index (κ2) is 5.70. The summed E-state index contributed by atoms with van der Waals surface area (Å²) in [6.07, 6.45) is 3.63. The predicted molar refractivity (Wildman–Crippen MR) is 65.4 cm³/mol. The summed E-state index contributed by atoms with van der Waals surface area (Å²) in [5.74, 6) is 0.588. The summed E-state index contributed by atoms with van der Waals surface area (Å²) in [7, 11) is 0. The number of aliphatic hydroxyl groups is 1. The van der Waals surface area contributed by atoms with Gasteiger partial charge in [0.25, 0.3) is 0 Å². The molecule has 0 aliphatic carbocycles. The van der Waals surface area contributed by atoms with Crippen LogP contribution in [0.25, 0.3) is 0 Å². The van der Waals surface area contributed by atoms with Crippen LogP contribution in [0.3, 0.4) is 0 Å². The Bertz CT molecular complexity index is 471. The highest BCUT2D eigenvalue weighted by Gasteiger charge is 2.03. The minimum absolute atomic E-state index is 0.0225. The number of ether oxygens (including phenoxy) is 1. The van der Waals surface area contributed by atoms with E-state index < -0.39 is 0 Å². The van der Waals surface area contributed by atoms with Gasteiger partial charge in [-0.3, -0.25) is 4.68 Å². The van der Waals surface area contributed by atoms with Gasteiger partial charge in [-0.25, -0.2) is 0 Å². The second-order valence-corrected chi connectivity index (χ2v) is 3.95. The van der Waals surface area contributed by atoms with E-state index in [1.54, 1.807) is 12.3 Å². The molecule has 0 atom stereocenters. The number of halogens is 1. The Balaban J connectivity index is 2.08. The molecule has 17 heavy (non-hydrogen) atoms. The van der Waals surface area contributed by atoms with Crippen LogP contribution in [0.15, 0.2) is 36.7 Å². The van der Waals surface area contributed by atoms with E-state index in [9.17, 15) is 0 Å². The maximum atomic E-state index is 8.66. The normalized spacial score (nSPS) is 10.5. The molecule has 0 aliphatic heterocycles. The van der Waals surface area contributed by atoms with Crippen molar-refractivity contribution in [2.24, 2.45) is 0 Å². The third-order valence-electron chi connectivity index (χ3n) is 2.25. The molecule has 0 fully saturated rings. The van der Waals surface area contributed by atoms with Crippen molar-refractivity contribution in [2.75, 3.05) is 13.2 Å². The van der Waals surface area contributed by atoms with Crippen LogP contribution in [0, 0.1) is 0 Å². The highest BCUT2D eigenvalue weighted by Crippen LogP contribution is 2.25. The molecule has 0 unspecified atom stereocenters. The molecule has 1 heterocycles. The number of hydrogen-bond donors (Lipinski definition) is 1. The fraction of sp³-hybridized carbons (Fsp3) is 0.250. The Morgan fingerprint density at radius 3 is 2.94 bits per heavy atom. The summed E-state index contributed by atoms with van der Waals surface area (Å²) in [5.41, 5.74) is 1.05. The number of aliphatic hydroxyl groups excluding tert-OH is 1. The van der Waals surface area contributed by atoms with Crippen LogP contribution in [-0.4, -0.2) is 28.1 Å². The van der Waals surface area contributed by atoms with Crippen molar-refractivity contribution < 1.29 is 9.84 Å². The highest BCUT2D eigenvalue weighted by atomic mass is 35.5. The van der Waals surface area contributed by atoms with Gasteiger partial charge in [0.1, 0.15) is 12.4 Å². The number of benzene rings is 1. The largest absolute Gasteiger partial charge is 0.490 e. The Kier molecular flexibility index (Phi) is 4.01. The SMILES string of the molecule is OCCOc1ccc(Cn2cccn2)cc1Cl. The maximum Gasteiger partial charge on any atom is 0.138 e. The first kappa shape index (κ1) is 12.0. The standard InChI is InChI=1S/C12H13ClN2O2/c13-11-8-10(9-15-5-1-4-14-15)2-3-12(11)17-7-6-16/h1-5,8,16H,6-7,9H2. The molecule has 0 radical (unpaired) electrons. The zero-order valence-electron chi connectivity index (χ0n) is 9.21. The average Bonchev–Trinajstić information content (AvgIpc) is 2.81. The first-order valence-electron chi connectivity index (χ1n) is 5.29. The maximum absolute atomic E-state index is 8.66. The third kappa shape index (κ3) is 3.22. The van der Waals surface area contributed by atoms with Gasteiger partial charge in [-0.15, -0.1) is 0 Å². The molecule has 1 aromatic heterocycles. The van der Waals surface area contributed by atoms with Gasteiger partial charge in [0.05, 0.1) is 18.2 Å². The van der Waals surface area contributed by atoms with Crippen LogP contribution in [0.4, 0.5) is 0 Å². The summed E-state index contributed by atoms with van der Waals surface area (Å²) in [6, 6.07) is 7.45.